The molecule has 0 spiro atoms. The molecule has 0 N–H and O–H groups in total. The fraction of sp³-hybridized carbons (Fsp3) is 1.00. The van der Waals surface area contributed by atoms with Crippen LogP contribution in [0.4, 0.5) is 0 Å². The standard InChI is InChI=1S/2C12H24/c1-9(2)11-5-7-12(8-6-11)10(3)4;1-9(2)11-6-5-7-12(8-11)10(3)4/h2*9-12H,5-8H2,1-4H3. The first-order valence-corrected chi connectivity index (χ1v) is 11.2. The SMILES string of the molecule is CC(C)C1CCC(C(C)C)CC1.CC(C)C1CCCC(C(C)C)C1. The van der Waals surface area contributed by atoms with Crippen LogP contribution in [0.15, 0.2) is 0 Å². The van der Waals surface area contributed by atoms with Crippen LogP contribution in [-0.2, 0) is 0 Å². The van der Waals surface area contributed by atoms with E-state index < -0.39 is 0 Å². The van der Waals surface area contributed by atoms with E-state index in [0.29, 0.717) is 0 Å². The Kier molecular flexibility index (Phi) is 9.98. The molecule has 2 aliphatic carbocycles. The Morgan fingerprint density at radius 2 is 0.708 bits per heavy atom. The Morgan fingerprint density at radius 3 is 0.958 bits per heavy atom. The van der Waals surface area contributed by atoms with Gasteiger partial charge in [-0.05, 0) is 79.4 Å². The zero-order chi connectivity index (χ0) is 18.3. The highest BCUT2D eigenvalue weighted by molar-refractivity contribution is 4.77. The second-order valence-corrected chi connectivity index (χ2v) is 10.3. The molecule has 0 radical (unpaired) electrons. The van der Waals surface area contributed by atoms with Crippen molar-refractivity contribution in [2.45, 2.75) is 107 Å². The van der Waals surface area contributed by atoms with Crippen LogP contribution in [0.3, 0.4) is 0 Å². The monoisotopic (exact) mass is 336 g/mol. The zero-order valence-electron chi connectivity index (χ0n) is 18.3. The second kappa shape index (κ2) is 10.9. The number of hydrogen-bond donors (Lipinski definition) is 0. The van der Waals surface area contributed by atoms with Crippen molar-refractivity contribution in [1.82, 2.24) is 0 Å². The lowest BCUT2D eigenvalue weighted by Crippen LogP contribution is -2.22. The number of hydrogen-bond acceptors (Lipinski definition) is 0. The topological polar surface area (TPSA) is 0 Å². The molecule has 2 unspecified atom stereocenters. The van der Waals surface area contributed by atoms with E-state index in [-0.39, 0.29) is 0 Å². The minimum atomic E-state index is 0.909. The van der Waals surface area contributed by atoms with Crippen LogP contribution in [-0.4, -0.2) is 0 Å². The van der Waals surface area contributed by atoms with Gasteiger partial charge in [0.1, 0.15) is 0 Å². The summed E-state index contributed by atoms with van der Waals surface area (Å²) in [6.45, 7) is 19.0. The molecule has 0 nitrogen and oxygen atoms in total. The Labute approximate surface area is 154 Å². The quantitative estimate of drug-likeness (QED) is 0.485. The highest BCUT2D eigenvalue weighted by Gasteiger charge is 2.26. The van der Waals surface area contributed by atoms with Gasteiger partial charge in [-0.3, -0.25) is 0 Å². The molecular weight excluding hydrogens is 288 g/mol. The lowest BCUT2D eigenvalue weighted by atomic mass is 9.72. The van der Waals surface area contributed by atoms with Crippen molar-refractivity contribution in [3.05, 3.63) is 0 Å². The van der Waals surface area contributed by atoms with Gasteiger partial charge < -0.3 is 0 Å². The fourth-order valence-corrected chi connectivity index (χ4v) is 4.96. The minimum absolute atomic E-state index is 0.909. The van der Waals surface area contributed by atoms with Crippen molar-refractivity contribution < 1.29 is 0 Å². The van der Waals surface area contributed by atoms with Crippen LogP contribution in [0, 0.1) is 47.3 Å². The largest absolute Gasteiger partial charge is 0.0625 e. The van der Waals surface area contributed by atoms with Crippen molar-refractivity contribution in [1.29, 1.82) is 0 Å². The Balaban J connectivity index is 0.000000240. The summed E-state index contributed by atoms with van der Waals surface area (Å²) in [5.41, 5.74) is 0. The van der Waals surface area contributed by atoms with Crippen molar-refractivity contribution >= 4 is 0 Å². The third kappa shape index (κ3) is 7.49. The van der Waals surface area contributed by atoms with Crippen LogP contribution in [0.5, 0.6) is 0 Å². The molecule has 24 heavy (non-hydrogen) atoms. The average molecular weight is 337 g/mol. The molecule has 0 heteroatoms. The second-order valence-electron chi connectivity index (χ2n) is 10.3. The Bertz CT molecular complexity index is 274. The Hall–Kier alpha value is 0. The fourth-order valence-electron chi connectivity index (χ4n) is 4.96. The molecule has 0 aromatic heterocycles. The molecule has 0 aromatic carbocycles. The maximum atomic E-state index is 2.38. The predicted molar refractivity (Wildman–Crippen MR) is 110 cm³/mol. The van der Waals surface area contributed by atoms with E-state index in [1.54, 1.807) is 0 Å². The van der Waals surface area contributed by atoms with E-state index in [0.717, 1.165) is 47.3 Å². The van der Waals surface area contributed by atoms with Gasteiger partial charge in [-0.1, -0.05) is 74.7 Å². The lowest BCUT2D eigenvalue weighted by molar-refractivity contribution is 0.177. The normalized spacial score (nSPS) is 31.5. The van der Waals surface area contributed by atoms with Crippen molar-refractivity contribution in [2.75, 3.05) is 0 Å². The summed E-state index contributed by atoms with van der Waals surface area (Å²) in [4.78, 5) is 0. The van der Waals surface area contributed by atoms with E-state index >= 15 is 0 Å². The molecule has 2 saturated carbocycles. The van der Waals surface area contributed by atoms with Crippen molar-refractivity contribution in [2.24, 2.45) is 47.3 Å². The van der Waals surface area contributed by atoms with Crippen molar-refractivity contribution in [3.63, 3.8) is 0 Å². The first-order valence-electron chi connectivity index (χ1n) is 11.2. The summed E-state index contributed by atoms with van der Waals surface area (Å²) in [5.74, 6) is 7.74. The molecule has 0 heterocycles. The van der Waals surface area contributed by atoms with E-state index in [1.165, 1.54) is 51.4 Å². The van der Waals surface area contributed by atoms with Crippen LogP contribution in [0.25, 0.3) is 0 Å². The van der Waals surface area contributed by atoms with Crippen LogP contribution in [0.2, 0.25) is 0 Å². The summed E-state index contributed by atoms with van der Waals surface area (Å²) >= 11 is 0. The highest BCUT2D eigenvalue weighted by Crippen LogP contribution is 2.37. The maximum absolute atomic E-state index is 2.38. The first kappa shape index (κ1) is 22.0. The molecule has 2 aliphatic rings. The molecule has 2 rings (SSSR count). The predicted octanol–water partition coefficient (Wildman–Crippen LogP) is 8.21. The first-order chi connectivity index (χ1) is 11.2. The summed E-state index contributed by atoms with van der Waals surface area (Å²) in [6.07, 6.45) is 11.9. The van der Waals surface area contributed by atoms with Gasteiger partial charge in [-0.15, -0.1) is 0 Å². The minimum Gasteiger partial charge on any atom is -0.0625 e. The highest BCUT2D eigenvalue weighted by atomic mass is 14.3. The van der Waals surface area contributed by atoms with Gasteiger partial charge in [0.2, 0.25) is 0 Å². The van der Waals surface area contributed by atoms with Crippen LogP contribution in [0.1, 0.15) is 107 Å². The van der Waals surface area contributed by atoms with Gasteiger partial charge in [-0.25, -0.2) is 0 Å². The molecule has 0 aromatic rings. The molecule has 144 valence electrons. The van der Waals surface area contributed by atoms with E-state index in [1.807, 2.05) is 0 Å². The summed E-state index contributed by atoms with van der Waals surface area (Å²) in [6, 6.07) is 0. The Morgan fingerprint density at radius 1 is 0.417 bits per heavy atom. The van der Waals surface area contributed by atoms with Gasteiger partial charge in [0.05, 0.1) is 0 Å². The average Bonchev–Trinajstić information content (AvgIpc) is 2.55. The number of rotatable bonds is 4. The van der Waals surface area contributed by atoms with E-state index in [2.05, 4.69) is 55.4 Å². The van der Waals surface area contributed by atoms with E-state index in [9.17, 15) is 0 Å². The smallest absolute Gasteiger partial charge is 0.0388 e. The maximum Gasteiger partial charge on any atom is -0.0388 e. The summed E-state index contributed by atoms with van der Waals surface area (Å²) in [7, 11) is 0. The summed E-state index contributed by atoms with van der Waals surface area (Å²) in [5, 5.41) is 0. The third-order valence-electron chi connectivity index (χ3n) is 7.34. The van der Waals surface area contributed by atoms with Gasteiger partial charge >= 0.3 is 0 Å². The molecule has 0 bridgehead atoms. The summed E-state index contributed by atoms with van der Waals surface area (Å²) < 4.78 is 0. The molecule has 0 saturated heterocycles. The molecular formula is C24H48. The lowest BCUT2D eigenvalue weighted by Gasteiger charge is -2.33. The molecule has 0 amide bonds. The zero-order valence-corrected chi connectivity index (χ0v) is 18.3. The molecule has 2 atom stereocenters. The van der Waals surface area contributed by atoms with Crippen LogP contribution >= 0.6 is 0 Å². The van der Waals surface area contributed by atoms with E-state index in [4.69, 9.17) is 0 Å². The van der Waals surface area contributed by atoms with Gasteiger partial charge in [-0.2, -0.15) is 0 Å². The molecule has 0 aliphatic heterocycles. The van der Waals surface area contributed by atoms with Crippen LogP contribution < -0.4 is 0 Å². The van der Waals surface area contributed by atoms with Crippen molar-refractivity contribution in [3.8, 4) is 0 Å². The van der Waals surface area contributed by atoms with Gasteiger partial charge in [0.15, 0.2) is 0 Å². The third-order valence-corrected chi connectivity index (χ3v) is 7.34. The molecule has 2 fully saturated rings. The van der Waals surface area contributed by atoms with Gasteiger partial charge in [0.25, 0.3) is 0 Å². The van der Waals surface area contributed by atoms with Gasteiger partial charge in [0, 0.05) is 0 Å².